The molecule has 0 aliphatic heterocycles. The second-order valence-electron chi connectivity index (χ2n) is 5.82. The highest BCUT2D eigenvalue weighted by molar-refractivity contribution is 7.99. The predicted molar refractivity (Wildman–Crippen MR) is 108 cm³/mol. The lowest BCUT2D eigenvalue weighted by atomic mass is 10.2. The maximum absolute atomic E-state index is 12.6. The van der Waals surface area contributed by atoms with Gasteiger partial charge in [-0.2, -0.15) is 0 Å². The molecule has 1 amide bonds. The summed E-state index contributed by atoms with van der Waals surface area (Å²) in [6, 6.07) is 11.2. The van der Waals surface area contributed by atoms with Crippen molar-refractivity contribution >= 4 is 44.4 Å². The third kappa shape index (κ3) is 3.94. The number of amides is 1. The van der Waals surface area contributed by atoms with Crippen molar-refractivity contribution in [3.63, 3.8) is 0 Å². The molecule has 0 atom stereocenters. The van der Waals surface area contributed by atoms with Gasteiger partial charge in [0, 0.05) is 15.7 Å². The van der Waals surface area contributed by atoms with Gasteiger partial charge in [0.2, 0.25) is 0 Å². The van der Waals surface area contributed by atoms with Crippen LogP contribution in [-0.2, 0) is 0 Å². The smallest absolute Gasteiger partial charge is 0.257 e. The maximum Gasteiger partial charge on any atom is 0.257 e. The number of fused-ring (bicyclic) bond motifs is 1. The molecule has 7 heteroatoms. The summed E-state index contributed by atoms with van der Waals surface area (Å²) < 4.78 is 11.6. The minimum Gasteiger partial charge on any atom is -0.495 e. The fraction of sp³-hybridized carbons (Fsp3) is 0.263. The molecule has 5 nitrogen and oxygen atoms in total. The Kier molecular flexibility index (Phi) is 5.68. The molecule has 0 spiro atoms. The molecule has 1 N–H and O–H groups in total. The zero-order chi connectivity index (χ0) is 18.7. The fourth-order valence-corrected chi connectivity index (χ4v) is 4.36. The van der Waals surface area contributed by atoms with Gasteiger partial charge in [0.25, 0.3) is 5.91 Å². The van der Waals surface area contributed by atoms with E-state index in [-0.39, 0.29) is 5.91 Å². The number of thiazole rings is 1. The van der Waals surface area contributed by atoms with Gasteiger partial charge in [-0.25, -0.2) is 4.98 Å². The molecule has 3 aromatic rings. The summed E-state index contributed by atoms with van der Waals surface area (Å²) in [4.78, 5) is 18.2. The van der Waals surface area contributed by atoms with Gasteiger partial charge in [-0.15, -0.1) is 11.8 Å². The summed E-state index contributed by atoms with van der Waals surface area (Å²) >= 11 is 3.09. The van der Waals surface area contributed by atoms with Crippen LogP contribution in [0.15, 0.2) is 41.3 Å². The normalized spacial score (nSPS) is 11.0. The average Bonchev–Trinajstić information content (AvgIpc) is 3.04. The molecule has 0 saturated heterocycles. The summed E-state index contributed by atoms with van der Waals surface area (Å²) in [6.45, 7) is 4.25. The standard InChI is InChI=1S/C19H20N2O3S2/c1-11(2)25-13-7-5-6-12(10-13)18(22)21-19-20-16-14(23-3)8-9-15(24-4)17(16)26-19/h5-11H,1-4H3,(H,20,21,22). The van der Waals surface area contributed by atoms with Crippen molar-refractivity contribution in [1.82, 2.24) is 4.98 Å². The number of nitrogens with one attached hydrogen (secondary N) is 1. The molecule has 1 heterocycles. The first-order chi connectivity index (χ1) is 12.5. The first-order valence-electron chi connectivity index (χ1n) is 8.11. The van der Waals surface area contributed by atoms with Crippen molar-refractivity contribution < 1.29 is 14.3 Å². The number of ether oxygens (including phenoxy) is 2. The Labute approximate surface area is 160 Å². The topological polar surface area (TPSA) is 60.5 Å². The minimum atomic E-state index is -0.187. The SMILES string of the molecule is COc1ccc(OC)c2sc(NC(=O)c3cccc(SC(C)C)c3)nc12. The van der Waals surface area contributed by atoms with Crippen molar-refractivity contribution in [2.24, 2.45) is 0 Å². The second-order valence-corrected chi connectivity index (χ2v) is 8.46. The Morgan fingerprint density at radius 1 is 1.15 bits per heavy atom. The first kappa shape index (κ1) is 18.5. The third-order valence-corrected chi connectivity index (χ3v) is 5.58. The Morgan fingerprint density at radius 2 is 1.88 bits per heavy atom. The van der Waals surface area contributed by atoms with Crippen LogP contribution < -0.4 is 14.8 Å². The van der Waals surface area contributed by atoms with Gasteiger partial charge in [-0.1, -0.05) is 31.3 Å². The number of nitrogens with zero attached hydrogens (tertiary/aromatic N) is 1. The van der Waals surface area contributed by atoms with Crippen molar-refractivity contribution in [2.45, 2.75) is 24.0 Å². The fourth-order valence-electron chi connectivity index (χ4n) is 2.49. The molecule has 0 aliphatic rings. The van der Waals surface area contributed by atoms with Gasteiger partial charge in [0.1, 0.15) is 21.7 Å². The number of thioether (sulfide) groups is 1. The summed E-state index contributed by atoms with van der Waals surface area (Å²) in [5, 5.41) is 3.84. The average molecular weight is 389 g/mol. The third-order valence-electron chi connectivity index (χ3n) is 3.60. The number of methoxy groups -OCH3 is 2. The Hall–Kier alpha value is -2.25. The highest BCUT2D eigenvalue weighted by atomic mass is 32.2. The molecule has 0 saturated carbocycles. The van der Waals surface area contributed by atoms with Gasteiger partial charge in [0.05, 0.1) is 14.2 Å². The number of carbonyl (C=O) groups excluding carboxylic acids is 1. The van der Waals surface area contributed by atoms with Crippen LogP contribution in [0.25, 0.3) is 10.2 Å². The van der Waals surface area contributed by atoms with E-state index in [0.29, 0.717) is 33.0 Å². The van der Waals surface area contributed by atoms with Gasteiger partial charge in [-0.05, 0) is 30.3 Å². The maximum atomic E-state index is 12.6. The van der Waals surface area contributed by atoms with E-state index in [9.17, 15) is 4.79 Å². The van der Waals surface area contributed by atoms with Crippen molar-refractivity contribution in [1.29, 1.82) is 0 Å². The number of aromatic nitrogens is 1. The largest absolute Gasteiger partial charge is 0.495 e. The van der Waals surface area contributed by atoms with Crippen LogP contribution in [0, 0.1) is 0 Å². The van der Waals surface area contributed by atoms with E-state index in [2.05, 4.69) is 24.1 Å². The van der Waals surface area contributed by atoms with Crippen molar-refractivity contribution in [2.75, 3.05) is 19.5 Å². The van der Waals surface area contributed by atoms with E-state index >= 15 is 0 Å². The summed E-state index contributed by atoms with van der Waals surface area (Å²) in [5.41, 5.74) is 1.28. The van der Waals surface area contributed by atoms with Crippen LogP contribution in [0.5, 0.6) is 11.5 Å². The monoisotopic (exact) mass is 388 g/mol. The van der Waals surface area contributed by atoms with Crippen LogP contribution in [-0.4, -0.2) is 30.4 Å². The molecule has 136 valence electrons. The number of benzene rings is 2. The van der Waals surface area contributed by atoms with Crippen LogP contribution in [0.1, 0.15) is 24.2 Å². The minimum absolute atomic E-state index is 0.187. The summed E-state index contributed by atoms with van der Waals surface area (Å²) in [5.74, 6) is 1.16. The molecule has 0 bridgehead atoms. The van der Waals surface area contributed by atoms with E-state index in [1.165, 1.54) is 11.3 Å². The van der Waals surface area contributed by atoms with E-state index in [1.807, 2.05) is 24.3 Å². The molecule has 3 rings (SSSR count). The number of hydrogen-bond acceptors (Lipinski definition) is 6. The number of hydrogen-bond donors (Lipinski definition) is 1. The van der Waals surface area contributed by atoms with Crippen LogP contribution in [0.4, 0.5) is 5.13 Å². The Bertz CT molecular complexity index is 897. The zero-order valence-electron chi connectivity index (χ0n) is 15.0. The van der Waals surface area contributed by atoms with E-state index in [1.54, 1.807) is 38.1 Å². The van der Waals surface area contributed by atoms with Crippen molar-refractivity contribution in [3.05, 3.63) is 42.0 Å². The molecule has 0 fully saturated rings. The molecule has 2 aromatic carbocycles. The summed E-state index contributed by atoms with van der Waals surface area (Å²) in [7, 11) is 3.20. The molecular weight excluding hydrogens is 368 g/mol. The lowest BCUT2D eigenvalue weighted by Crippen LogP contribution is -2.11. The highest BCUT2D eigenvalue weighted by Crippen LogP contribution is 2.39. The second kappa shape index (κ2) is 7.97. The van der Waals surface area contributed by atoms with Gasteiger partial charge in [0.15, 0.2) is 5.13 Å². The number of anilines is 1. The molecule has 0 unspecified atom stereocenters. The van der Waals surface area contributed by atoms with Gasteiger partial charge >= 0.3 is 0 Å². The lowest BCUT2D eigenvalue weighted by molar-refractivity contribution is 0.102. The molecular formula is C19H20N2O3S2. The van der Waals surface area contributed by atoms with Crippen LogP contribution >= 0.6 is 23.1 Å². The molecule has 26 heavy (non-hydrogen) atoms. The molecule has 0 radical (unpaired) electrons. The van der Waals surface area contributed by atoms with Crippen LogP contribution in [0.3, 0.4) is 0 Å². The quantitative estimate of drug-likeness (QED) is 0.598. The van der Waals surface area contributed by atoms with Gasteiger partial charge < -0.3 is 9.47 Å². The van der Waals surface area contributed by atoms with E-state index in [4.69, 9.17) is 9.47 Å². The predicted octanol–water partition coefficient (Wildman–Crippen LogP) is 5.07. The highest BCUT2D eigenvalue weighted by Gasteiger charge is 2.16. The zero-order valence-corrected chi connectivity index (χ0v) is 16.7. The van der Waals surface area contributed by atoms with E-state index < -0.39 is 0 Å². The molecule has 1 aromatic heterocycles. The van der Waals surface area contributed by atoms with Gasteiger partial charge in [-0.3, -0.25) is 10.1 Å². The van der Waals surface area contributed by atoms with E-state index in [0.717, 1.165) is 9.60 Å². The first-order valence-corrected chi connectivity index (χ1v) is 9.81. The van der Waals surface area contributed by atoms with Crippen molar-refractivity contribution in [3.8, 4) is 11.5 Å². The molecule has 0 aliphatic carbocycles. The Morgan fingerprint density at radius 3 is 2.58 bits per heavy atom. The van der Waals surface area contributed by atoms with Crippen LogP contribution in [0.2, 0.25) is 0 Å². The Balaban J connectivity index is 1.88. The lowest BCUT2D eigenvalue weighted by Gasteiger charge is -2.07. The number of rotatable bonds is 6. The number of carbonyl (C=O) groups is 1. The summed E-state index contributed by atoms with van der Waals surface area (Å²) in [6.07, 6.45) is 0.